The number of carbonyl (C=O) groups is 2. The summed E-state index contributed by atoms with van der Waals surface area (Å²) in [6.07, 6.45) is 0.175. The van der Waals surface area contributed by atoms with Crippen molar-refractivity contribution in [3.63, 3.8) is 0 Å². The van der Waals surface area contributed by atoms with Gasteiger partial charge in [0, 0.05) is 18.7 Å². The van der Waals surface area contributed by atoms with Gasteiger partial charge in [-0.05, 0) is 30.7 Å². The van der Waals surface area contributed by atoms with E-state index in [2.05, 4.69) is 11.4 Å². The van der Waals surface area contributed by atoms with Crippen LogP contribution in [0.1, 0.15) is 17.5 Å². The molecular weight excluding hydrogens is 302 g/mol. The Hall–Kier alpha value is -3.13. The predicted molar refractivity (Wildman–Crippen MR) is 91.4 cm³/mol. The minimum absolute atomic E-state index is 0.0574. The van der Waals surface area contributed by atoms with Crippen LogP contribution in [0.4, 0.5) is 11.4 Å². The number of hydrogen-bond donors (Lipinski definition) is 1. The minimum atomic E-state index is -0.427. The molecule has 0 radical (unpaired) electrons. The first-order chi connectivity index (χ1) is 11.6. The maximum Gasteiger partial charge on any atom is 0.229 e. The van der Waals surface area contributed by atoms with E-state index in [9.17, 15) is 9.59 Å². The van der Waals surface area contributed by atoms with Gasteiger partial charge >= 0.3 is 0 Å². The first-order valence-corrected chi connectivity index (χ1v) is 7.76. The molecule has 0 saturated carbocycles. The van der Waals surface area contributed by atoms with Gasteiger partial charge in [-0.3, -0.25) is 9.59 Å². The number of benzene rings is 2. The number of nitriles is 1. The molecule has 120 valence electrons. The van der Waals surface area contributed by atoms with Crippen LogP contribution in [0.5, 0.6) is 0 Å². The summed E-state index contributed by atoms with van der Waals surface area (Å²) in [5, 5.41) is 11.9. The van der Waals surface area contributed by atoms with Crippen molar-refractivity contribution < 1.29 is 9.59 Å². The molecule has 1 saturated heterocycles. The second-order valence-corrected chi connectivity index (χ2v) is 5.84. The zero-order chi connectivity index (χ0) is 17.1. The smallest absolute Gasteiger partial charge is 0.229 e. The van der Waals surface area contributed by atoms with E-state index >= 15 is 0 Å². The fraction of sp³-hybridized carbons (Fsp3) is 0.211. The van der Waals surface area contributed by atoms with Crippen LogP contribution in [0, 0.1) is 24.2 Å². The van der Waals surface area contributed by atoms with E-state index in [1.54, 1.807) is 29.2 Å². The second-order valence-electron chi connectivity index (χ2n) is 5.84. The van der Waals surface area contributed by atoms with Crippen molar-refractivity contribution in [2.24, 2.45) is 5.92 Å². The average Bonchev–Trinajstić information content (AvgIpc) is 2.97. The molecule has 1 heterocycles. The van der Waals surface area contributed by atoms with Crippen LogP contribution in [0.15, 0.2) is 48.5 Å². The largest absolute Gasteiger partial charge is 0.325 e. The Morgan fingerprint density at radius 1 is 1.21 bits per heavy atom. The first kappa shape index (κ1) is 15.8. The summed E-state index contributed by atoms with van der Waals surface area (Å²) in [6.45, 7) is 2.30. The molecule has 5 nitrogen and oxygen atoms in total. The molecule has 1 aliphatic rings. The van der Waals surface area contributed by atoms with Gasteiger partial charge in [-0.2, -0.15) is 5.26 Å². The lowest BCUT2D eigenvalue weighted by Crippen LogP contribution is -2.28. The normalized spacial score (nSPS) is 16.8. The van der Waals surface area contributed by atoms with Crippen molar-refractivity contribution in [3.8, 4) is 6.07 Å². The molecule has 0 unspecified atom stereocenters. The quantitative estimate of drug-likeness (QED) is 0.945. The van der Waals surface area contributed by atoms with Gasteiger partial charge in [0.2, 0.25) is 11.8 Å². The molecule has 2 aromatic rings. The summed E-state index contributed by atoms with van der Waals surface area (Å²) in [5.74, 6) is -0.719. The lowest BCUT2D eigenvalue weighted by atomic mass is 10.1. The maximum absolute atomic E-state index is 12.5. The summed E-state index contributed by atoms with van der Waals surface area (Å²) < 4.78 is 0. The van der Waals surface area contributed by atoms with Gasteiger partial charge in [-0.1, -0.05) is 30.3 Å². The van der Waals surface area contributed by atoms with E-state index in [0.717, 1.165) is 11.3 Å². The monoisotopic (exact) mass is 319 g/mol. The van der Waals surface area contributed by atoms with Gasteiger partial charge < -0.3 is 10.2 Å². The Kier molecular flexibility index (Phi) is 4.30. The van der Waals surface area contributed by atoms with Gasteiger partial charge in [0.05, 0.1) is 17.2 Å². The molecule has 0 spiro atoms. The highest BCUT2D eigenvalue weighted by atomic mass is 16.2. The van der Waals surface area contributed by atoms with Crippen molar-refractivity contribution in [3.05, 3.63) is 59.7 Å². The molecule has 0 aliphatic carbocycles. The van der Waals surface area contributed by atoms with E-state index in [0.29, 0.717) is 17.8 Å². The number of amides is 2. The number of nitrogens with zero attached hydrogens (tertiary/aromatic N) is 2. The zero-order valence-corrected chi connectivity index (χ0v) is 13.3. The fourth-order valence-electron chi connectivity index (χ4n) is 2.91. The molecule has 1 atom stereocenters. The fourth-order valence-corrected chi connectivity index (χ4v) is 2.91. The third-order valence-corrected chi connectivity index (χ3v) is 4.21. The van der Waals surface area contributed by atoms with Crippen LogP contribution in [0.25, 0.3) is 0 Å². The lowest BCUT2D eigenvalue weighted by Gasteiger charge is -2.19. The first-order valence-electron chi connectivity index (χ1n) is 7.76. The van der Waals surface area contributed by atoms with Crippen LogP contribution in [0.3, 0.4) is 0 Å². The summed E-state index contributed by atoms with van der Waals surface area (Å²) in [4.78, 5) is 26.5. The molecule has 24 heavy (non-hydrogen) atoms. The highest BCUT2D eigenvalue weighted by molar-refractivity contribution is 6.04. The van der Waals surface area contributed by atoms with Gasteiger partial charge in [-0.25, -0.2) is 0 Å². The predicted octanol–water partition coefficient (Wildman–Crippen LogP) is 2.86. The van der Waals surface area contributed by atoms with Crippen LogP contribution >= 0.6 is 0 Å². The van der Waals surface area contributed by atoms with Crippen molar-refractivity contribution in [1.29, 1.82) is 5.26 Å². The molecular formula is C19H17N3O2. The zero-order valence-electron chi connectivity index (χ0n) is 13.3. The minimum Gasteiger partial charge on any atom is -0.325 e. The number of anilines is 2. The Bertz CT molecular complexity index is 839. The van der Waals surface area contributed by atoms with Crippen LogP contribution < -0.4 is 10.2 Å². The van der Waals surface area contributed by atoms with Gasteiger partial charge in [0.15, 0.2) is 0 Å². The van der Waals surface area contributed by atoms with Crippen molar-refractivity contribution in [2.75, 3.05) is 16.8 Å². The van der Waals surface area contributed by atoms with E-state index in [1.807, 2.05) is 31.2 Å². The molecule has 1 fully saturated rings. The number of nitrogens with one attached hydrogen (secondary N) is 1. The van der Waals surface area contributed by atoms with Crippen LogP contribution in [-0.2, 0) is 9.59 Å². The summed E-state index contributed by atoms with van der Waals surface area (Å²) in [6, 6.07) is 16.5. The molecule has 2 aromatic carbocycles. The standard InChI is InChI=1S/C19H17N3O2/c1-13-6-2-5-9-17(13)22-12-15(10-18(22)23)19(24)21-16-8-4-3-7-14(16)11-20/h2-9,15H,10,12H2,1H3,(H,21,24)/t15-/m0/s1. The van der Waals surface area contributed by atoms with Crippen molar-refractivity contribution in [1.82, 2.24) is 0 Å². The molecule has 0 bridgehead atoms. The van der Waals surface area contributed by atoms with E-state index in [-0.39, 0.29) is 18.2 Å². The third-order valence-electron chi connectivity index (χ3n) is 4.21. The number of hydrogen-bond acceptors (Lipinski definition) is 3. The average molecular weight is 319 g/mol. The summed E-state index contributed by atoms with van der Waals surface area (Å²) in [5.41, 5.74) is 2.73. The maximum atomic E-state index is 12.5. The van der Waals surface area contributed by atoms with E-state index in [1.165, 1.54) is 0 Å². The number of aryl methyl sites for hydroxylation is 1. The van der Waals surface area contributed by atoms with Crippen LogP contribution in [-0.4, -0.2) is 18.4 Å². The Labute approximate surface area is 140 Å². The topological polar surface area (TPSA) is 73.2 Å². The van der Waals surface area contributed by atoms with Crippen molar-refractivity contribution >= 4 is 23.2 Å². The SMILES string of the molecule is Cc1ccccc1N1C[C@@H](C(=O)Nc2ccccc2C#N)CC1=O. The second kappa shape index (κ2) is 6.55. The Morgan fingerprint density at radius 2 is 1.92 bits per heavy atom. The molecule has 1 N–H and O–H groups in total. The van der Waals surface area contributed by atoms with E-state index in [4.69, 9.17) is 5.26 Å². The molecule has 5 heteroatoms. The number of carbonyl (C=O) groups excluding carboxylic acids is 2. The Morgan fingerprint density at radius 3 is 2.67 bits per heavy atom. The molecule has 3 rings (SSSR count). The lowest BCUT2D eigenvalue weighted by molar-refractivity contribution is -0.122. The number of rotatable bonds is 3. The van der Waals surface area contributed by atoms with Gasteiger partial charge in [-0.15, -0.1) is 0 Å². The van der Waals surface area contributed by atoms with Crippen molar-refractivity contribution in [2.45, 2.75) is 13.3 Å². The van der Waals surface area contributed by atoms with Crippen LogP contribution in [0.2, 0.25) is 0 Å². The molecule has 2 amide bonds. The van der Waals surface area contributed by atoms with Gasteiger partial charge in [0.25, 0.3) is 0 Å². The highest BCUT2D eigenvalue weighted by Gasteiger charge is 2.35. The highest BCUT2D eigenvalue weighted by Crippen LogP contribution is 2.28. The summed E-state index contributed by atoms with van der Waals surface area (Å²) in [7, 11) is 0. The van der Waals surface area contributed by atoms with Gasteiger partial charge in [0.1, 0.15) is 6.07 Å². The molecule has 1 aliphatic heterocycles. The Balaban J connectivity index is 1.75. The third kappa shape index (κ3) is 2.99. The summed E-state index contributed by atoms with van der Waals surface area (Å²) >= 11 is 0. The molecule has 0 aromatic heterocycles. The van der Waals surface area contributed by atoms with E-state index < -0.39 is 5.92 Å². The number of para-hydroxylation sites is 2.